The summed E-state index contributed by atoms with van der Waals surface area (Å²) in [6.45, 7) is 1.93. The number of aromatic nitrogens is 4. The van der Waals surface area contributed by atoms with E-state index in [4.69, 9.17) is 10.5 Å². The Balaban J connectivity index is 2.05. The number of nitrogens with zero attached hydrogens (tertiary/aromatic N) is 3. The van der Waals surface area contributed by atoms with Crippen LogP contribution in [0.2, 0.25) is 0 Å². The molecule has 6 nitrogen and oxygen atoms in total. The molecule has 0 spiro atoms. The van der Waals surface area contributed by atoms with E-state index >= 15 is 0 Å². The Morgan fingerprint density at radius 1 is 1.41 bits per heavy atom. The highest BCUT2D eigenvalue weighted by Gasteiger charge is 2.05. The molecule has 0 aliphatic heterocycles. The van der Waals surface area contributed by atoms with Crippen LogP contribution in [0.1, 0.15) is 11.4 Å². The van der Waals surface area contributed by atoms with Crippen LogP contribution < -0.4 is 10.5 Å². The monoisotopic (exact) mass is 251 g/mol. The number of rotatable bonds is 4. The summed E-state index contributed by atoms with van der Waals surface area (Å²) in [5, 5.41) is 7.14. The van der Waals surface area contributed by atoms with Crippen LogP contribution in [0.4, 0.5) is 5.95 Å². The van der Waals surface area contributed by atoms with Crippen molar-refractivity contribution in [1.29, 1.82) is 0 Å². The van der Waals surface area contributed by atoms with Gasteiger partial charge in [0.1, 0.15) is 5.75 Å². The van der Waals surface area contributed by atoms with Crippen LogP contribution in [-0.4, -0.2) is 27.3 Å². The summed E-state index contributed by atoms with van der Waals surface area (Å²) in [4.78, 5) is 8.41. The molecule has 0 saturated heterocycles. The van der Waals surface area contributed by atoms with E-state index in [9.17, 15) is 0 Å². The zero-order valence-corrected chi connectivity index (χ0v) is 10.4. The highest BCUT2D eigenvalue weighted by atomic mass is 32.2. The van der Waals surface area contributed by atoms with Gasteiger partial charge in [0.15, 0.2) is 0 Å². The largest absolute Gasteiger partial charge is 0.497 e. The van der Waals surface area contributed by atoms with Crippen molar-refractivity contribution in [3.63, 3.8) is 0 Å². The molecular weight excluding hydrogens is 238 g/mol. The van der Waals surface area contributed by atoms with Crippen molar-refractivity contribution >= 4 is 17.7 Å². The van der Waals surface area contributed by atoms with E-state index in [1.165, 1.54) is 11.8 Å². The molecule has 0 unspecified atom stereocenters. The lowest BCUT2D eigenvalue weighted by atomic mass is 10.3. The van der Waals surface area contributed by atoms with E-state index in [-0.39, 0.29) is 0 Å². The predicted molar refractivity (Wildman–Crippen MR) is 65.9 cm³/mol. The Labute approximate surface area is 103 Å². The van der Waals surface area contributed by atoms with E-state index < -0.39 is 0 Å². The first-order valence-electron chi connectivity index (χ1n) is 4.99. The van der Waals surface area contributed by atoms with Gasteiger partial charge in [0, 0.05) is 23.6 Å². The molecule has 2 heterocycles. The fraction of sp³-hybridized carbons (Fsp3) is 0.300. The summed E-state index contributed by atoms with van der Waals surface area (Å²) in [6, 6.07) is 3.79. The molecule has 0 aliphatic rings. The Morgan fingerprint density at radius 2 is 2.24 bits per heavy atom. The van der Waals surface area contributed by atoms with Gasteiger partial charge in [-0.25, -0.2) is 5.10 Å². The second-order valence-electron chi connectivity index (χ2n) is 3.43. The third-order valence-corrected chi connectivity index (χ3v) is 2.93. The SMILES string of the molecule is COc1cc(C)nc(CSc2n[nH]c(N)n2)c1. The number of pyridine rings is 1. The number of nitrogens with two attached hydrogens (primary N) is 1. The predicted octanol–water partition coefficient (Wildman–Crippen LogP) is 1.39. The lowest BCUT2D eigenvalue weighted by Gasteiger charge is -2.04. The minimum Gasteiger partial charge on any atom is -0.497 e. The Bertz CT molecular complexity index is 513. The topological polar surface area (TPSA) is 89.7 Å². The van der Waals surface area contributed by atoms with Crippen molar-refractivity contribution in [2.75, 3.05) is 12.8 Å². The summed E-state index contributed by atoms with van der Waals surface area (Å²) >= 11 is 1.47. The molecule has 3 N–H and O–H groups in total. The fourth-order valence-electron chi connectivity index (χ4n) is 1.36. The molecule has 17 heavy (non-hydrogen) atoms. The maximum atomic E-state index is 5.44. The van der Waals surface area contributed by atoms with E-state index in [0.29, 0.717) is 16.9 Å². The molecule has 0 bridgehead atoms. The van der Waals surface area contributed by atoms with E-state index in [1.54, 1.807) is 7.11 Å². The van der Waals surface area contributed by atoms with Crippen molar-refractivity contribution in [2.45, 2.75) is 17.8 Å². The first-order valence-corrected chi connectivity index (χ1v) is 5.98. The van der Waals surface area contributed by atoms with Gasteiger partial charge in [-0.15, -0.1) is 5.10 Å². The number of thioether (sulfide) groups is 1. The van der Waals surface area contributed by atoms with Crippen molar-refractivity contribution in [3.05, 3.63) is 23.5 Å². The molecule has 0 fully saturated rings. The molecule has 2 rings (SSSR count). The lowest BCUT2D eigenvalue weighted by Crippen LogP contribution is -1.93. The average molecular weight is 251 g/mol. The zero-order chi connectivity index (χ0) is 12.3. The Kier molecular flexibility index (Phi) is 3.48. The van der Waals surface area contributed by atoms with Gasteiger partial charge in [-0.2, -0.15) is 4.98 Å². The van der Waals surface area contributed by atoms with Gasteiger partial charge in [-0.1, -0.05) is 11.8 Å². The number of nitrogens with one attached hydrogen (secondary N) is 1. The van der Waals surface area contributed by atoms with Gasteiger partial charge >= 0.3 is 0 Å². The van der Waals surface area contributed by atoms with Crippen molar-refractivity contribution < 1.29 is 4.74 Å². The zero-order valence-electron chi connectivity index (χ0n) is 9.60. The highest BCUT2D eigenvalue weighted by molar-refractivity contribution is 7.98. The maximum absolute atomic E-state index is 5.44. The molecular formula is C10H13N5OS. The Morgan fingerprint density at radius 3 is 2.88 bits per heavy atom. The molecule has 2 aromatic rings. The summed E-state index contributed by atoms with van der Waals surface area (Å²) in [5.41, 5.74) is 7.29. The lowest BCUT2D eigenvalue weighted by molar-refractivity contribution is 0.413. The molecule has 0 radical (unpaired) electrons. The van der Waals surface area contributed by atoms with Crippen LogP contribution in [-0.2, 0) is 5.75 Å². The van der Waals surface area contributed by atoms with Gasteiger partial charge in [-0.05, 0) is 6.92 Å². The van der Waals surface area contributed by atoms with Crippen LogP contribution in [0.15, 0.2) is 17.3 Å². The minimum absolute atomic E-state index is 0.322. The van der Waals surface area contributed by atoms with Crippen LogP contribution in [0, 0.1) is 6.92 Å². The van der Waals surface area contributed by atoms with Gasteiger partial charge in [0.25, 0.3) is 0 Å². The summed E-state index contributed by atoms with van der Waals surface area (Å²) in [5.74, 6) is 1.81. The molecule has 0 atom stereocenters. The number of aromatic amines is 1. The molecule has 7 heteroatoms. The number of anilines is 1. The highest BCUT2D eigenvalue weighted by Crippen LogP contribution is 2.21. The molecule has 0 aliphatic carbocycles. The minimum atomic E-state index is 0.322. The van der Waals surface area contributed by atoms with Crippen LogP contribution in [0.5, 0.6) is 5.75 Å². The number of hydrogen-bond donors (Lipinski definition) is 2. The number of nitrogen functional groups attached to an aromatic ring is 1. The van der Waals surface area contributed by atoms with Gasteiger partial charge in [0.05, 0.1) is 12.8 Å². The quantitative estimate of drug-likeness (QED) is 0.798. The number of ether oxygens (including phenoxy) is 1. The van der Waals surface area contributed by atoms with Gasteiger partial charge in [-0.3, -0.25) is 4.98 Å². The van der Waals surface area contributed by atoms with Gasteiger partial charge in [0.2, 0.25) is 11.1 Å². The van der Waals surface area contributed by atoms with E-state index in [1.807, 2.05) is 19.1 Å². The first-order chi connectivity index (χ1) is 8.17. The summed E-state index contributed by atoms with van der Waals surface area (Å²) in [7, 11) is 1.64. The van der Waals surface area contributed by atoms with E-state index in [0.717, 1.165) is 17.1 Å². The second kappa shape index (κ2) is 5.05. The third kappa shape index (κ3) is 3.10. The molecule has 0 amide bonds. The fourth-order valence-corrected chi connectivity index (χ4v) is 2.05. The molecule has 2 aromatic heterocycles. The average Bonchev–Trinajstić information content (AvgIpc) is 2.72. The summed E-state index contributed by atoms with van der Waals surface area (Å²) in [6.07, 6.45) is 0. The number of H-pyrrole nitrogens is 1. The first kappa shape index (κ1) is 11.7. The van der Waals surface area contributed by atoms with E-state index in [2.05, 4.69) is 20.2 Å². The second-order valence-corrected chi connectivity index (χ2v) is 4.37. The maximum Gasteiger partial charge on any atom is 0.216 e. The number of methoxy groups -OCH3 is 1. The van der Waals surface area contributed by atoms with Crippen molar-refractivity contribution in [3.8, 4) is 5.75 Å². The molecule has 90 valence electrons. The molecule has 0 aromatic carbocycles. The standard InChI is InChI=1S/C10H13N5OS/c1-6-3-8(16-2)4-7(12-6)5-17-10-13-9(11)14-15-10/h3-4H,5H2,1-2H3,(H3,11,13,14,15). The number of hydrogen-bond acceptors (Lipinski definition) is 6. The van der Waals surface area contributed by atoms with Crippen molar-refractivity contribution in [2.24, 2.45) is 0 Å². The normalized spacial score (nSPS) is 10.5. The van der Waals surface area contributed by atoms with Gasteiger partial charge < -0.3 is 10.5 Å². The summed E-state index contributed by atoms with van der Waals surface area (Å²) < 4.78 is 5.19. The van der Waals surface area contributed by atoms with Crippen LogP contribution in [0.3, 0.4) is 0 Å². The smallest absolute Gasteiger partial charge is 0.216 e. The number of aryl methyl sites for hydroxylation is 1. The molecule has 0 saturated carbocycles. The van der Waals surface area contributed by atoms with Crippen molar-refractivity contribution in [1.82, 2.24) is 20.2 Å². The Hall–Kier alpha value is -1.76. The third-order valence-electron chi connectivity index (χ3n) is 2.05. The van der Waals surface area contributed by atoms with Crippen LogP contribution in [0.25, 0.3) is 0 Å². The van der Waals surface area contributed by atoms with Crippen LogP contribution >= 0.6 is 11.8 Å².